The Balaban J connectivity index is 2.07. The Bertz CT molecular complexity index is 569. The number of carbonyl (C=O) groups excluding carboxylic acids is 1. The van der Waals surface area contributed by atoms with Gasteiger partial charge in [0.05, 0.1) is 25.2 Å². The third-order valence-electron chi connectivity index (χ3n) is 3.95. The molecule has 0 aromatic heterocycles. The summed E-state index contributed by atoms with van der Waals surface area (Å²) < 4.78 is 10.2. The van der Waals surface area contributed by atoms with Gasteiger partial charge in [0.1, 0.15) is 0 Å². The fourth-order valence-electron chi connectivity index (χ4n) is 2.42. The minimum absolute atomic E-state index is 0.0319. The SMILES string of the molecule is COc1cc(CCNC(=O)C2CCC2)c([N+](=O)[O-])cc1OC. The van der Waals surface area contributed by atoms with Crippen LogP contribution < -0.4 is 14.8 Å². The number of nitro benzene ring substituents is 1. The van der Waals surface area contributed by atoms with Crippen molar-refractivity contribution < 1.29 is 19.2 Å². The van der Waals surface area contributed by atoms with Crippen molar-refractivity contribution in [3.63, 3.8) is 0 Å². The molecule has 7 heteroatoms. The van der Waals surface area contributed by atoms with E-state index in [9.17, 15) is 14.9 Å². The monoisotopic (exact) mass is 308 g/mol. The first-order valence-corrected chi connectivity index (χ1v) is 7.23. The van der Waals surface area contributed by atoms with Gasteiger partial charge in [0.2, 0.25) is 5.91 Å². The third kappa shape index (κ3) is 3.47. The van der Waals surface area contributed by atoms with E-state index in [0.717, 1.165) is 19.3 Å². The zero-order valence-electron chi connectivity index (χ0n) is 12.8. The predicted molar refractivity (Wildman–Crippen MR) is 80.3 cm³/mol. The average Bonchev–Trinajstić information content (AvgIpc) is 2.44. The molecule has 1 aromatic rings. The molecule has 1 N–H and O–H groups in total. The molecule has 0 atom stereocenters. The van der Waals surface area contributed by atoms with Crippen LogP contribution in [0.5, 0.6) is 11.5 Å². The van der Waals surface area contributed by atoms with Crippen molar-refractivity contribution in [2.24, 2.45) is 5.92 Å². The Labute approximate surface area is 128 Å². The maximum atomic E-state index is 11.8. The van der Waals surface area contributed by atoms with Crippen LogP contribution in [-0.2, 0) is 11.2 Å². The van der Waals surface area contributed by atoms with E-state index in [-0.39, 0.29) is 17.5 Å². The minimum atomic E-state index is -0.453. The number of hydrogen-bond donors (Lipinski definition) is 1. The zero-order chi connectivity index (χ0) is 16.1. The van der Waals surface area contributed by atoms with Crippen molar-refractivity contribution >= 4 is 11.6 Å². The van der Waals surface area contributed by atoms with Crippen molar-refractivity contribution in [2.75, 3.05) is 20.8 Å². The molecular weight excluding hydrogens is 288 g/mol. The highest BCUT2D eigenvalue weighted by Crippen LogP contribution is 2.34. The lowest BCUT2D eigenvalue weighted by atomic mass is 9.85. The van der Waals surface area contributed by atoms with E-state index in [1.165, 1.54) is 20.3 Å². The summed E-state index contributed by atoms with van der Waals surface area (Å²) in [6.07, 6.45) is 3.33. The third-order valence-corrected chi connectivity index (χ3v) is 3.95. The van der Waals surface area contributed by atoms with Crippen LogP contribution in [0.3, 0.4) is 0 Å². The molecule has 0 aliphatic heterocycles. The van der Waals surface area contributed by atoms with Crippen LogP contribution in [0.15, 0.2) is 12.1 Å². The van der Waals surface area contributed by atoms with Gasteiger partial charge >= 0.3 is 0 Å². The summed E-state index contributed by atoms with van der Waals surface area (Å²) in [7, 11) is 2.91. The number of hydrogen-bond acceptors (Lipinski definition) is 5. The van der Waals surface area contributed by atoms with Gasteiger partial charge in [-0.05, 0) is 25.3 Å². The van der Waals surface area contributed by atoms with Crippen molar-refractivity contribution in [1.29, 1.82) is 0 Å². The number of carbonyl (C=O) groups is 1. The van der Waals surface area contributed by atoms with Gasteiger partial charge in [-0.2, -0.15) is 0 Å². The van der Waals surface area contributed by atoms with Crippen molar-refractivity contribution in [2.45, 2.75) is 25.7 Å². The molecule has 0 bridgehead atoms. The summed E-state index contributed by atoms with van der Waals surface area (Å²) >= 11 is 0. The first kappa shape index (κ1) is 16.1. The van der Waals surface area contributed by atoms with Gasteiger partial charge in [-0.1, -0.05) is 6.42 Å². The molecule has 0 saturated heterocycles. The predicted octanol–water partition coefficient (Wildman–Crippen LogP) is 2.07. The normalized spacial score (nSPS) is 14.1. The van der Waals surface area contributed by atoms with Gasteiger partial charge in [0, 0.05) is 18.0 Å². The molecule has 1 fully saturated rings. The largest absolute Gasteiger partial charge is 0.493 e. The second-order valence-corrected chi connectivity index (χ2v) is 5.26. The lowest BCUT2D eigenvalue weighted by Crippen LogP contribution is -2.35. The molecule has 1 aliphatic rings. The lowest BCUT2D eigenvalue weighted by Gasteiger charge is -2.24. The van der Waals surface area contributed by atoms with Gasteiger partial charge in [-0.15, -0.1) is 0 Å². The number of ether oxygens (including phenoxy) is 2. The Morgan fingerprint density at radius 1 is 1.32 bits per heavy atom. The van der Waals surface area contributed by atoms with Gasteiger partial charge in [-0.25, -0.2) is 0 Å². The van der Waals surface area contributed by atoms with E-state index in [2.05, 4.69) is 5.32 Å². The van der Waals surface area contributed by atoms with Gasteiger partial charge in [-0.3, -0.25) is 14.9 Å². The van der Waals surface area contributed by atoms with Crippen LogP contribution in [-0.4, -0.2) is 31.6 Å². The van der Waals surface area contributed by atoms with Crippen LogP contribution in [0, 0.1) is 16.0 Å². The van der Waals surface area contributed by atoms with E-state index in [4.69, 9.17) is 9.47 Å². The first-order chi connectivity index (χ1) is 10.6. The second kappa shape index (κ2) is 7.11. The molecule has 1 saturated carbocycles. The topological polar surface area (TPSA) is 90.7 Å². The minimum Gasteiger partial charge on any atom is -0.493 e. The molecule has 7 nitrogen and oxygen atoms in total. The van der Waals surface area contributed by atoms with E-state index in [1.807, 2.05) is 0 Å². The number of methoxy groups -OCH3 is 2. The Morgan fingerprint density at radius 3 is 2.45 bits per heavy atom. The molecule has 22 heavy (non-hydrogen) atoms. The van der Waals surface area contributed by atoms with Crippen LogP contribution in [0.2, 0.25) is 0 Å². The summed E-state index contributed by atoms with van der Waals surface area (Å²) in [6, 6.07) is 2.94. The first-order valence-electron chi connectivity index (χ1n) is 7.23. The Kier molecular flexibility index (Phi) is 5.19. The molecule has 2 rings (SSSR count). The van der Waals surface area contributed by atoms with E-state index in [1.54, 1.807) is 6.07 Å². The number of nitrogens with one attached hydrogen (secondary N) is 1. The summed E-state index contributed by atoms with van der Waals surface area (Å²) in [5, 5.41) is 14.0. The highest BCUT2D eigenvalue weighted by atomic mass is 16.6. The fourth-order valence-corrected chi connectivity index (χ4v) is 2.42. The summed E-state index contributed by atoms with van der Waals surface area (Å²) in [5.41, 5.74) is 0.479. The molecule has 120 valence electrons. The second-order valence-electron chi connectivity index (χ2n) is 5.26. The van der Waals surface area contributed by atoms with Crippen LogP contribution in [0.1, 0.15) is 24.8 Å². The molecule has 0 radical (unpaired) electrons. The molecule has 1 aromatic carbocycles. The quantitative estimate of drug-likeness (QED) is 0.615. The number of amides is 1. The lowest BCUT2D eigenvalue weighted by molar-refractivity contribution is -0.385. The van der Waals surface area contributed by atoms with Crippen molar-refractivity contribution in [1.82, 2.24) is 5.32 Å². The smallest absolute Gasteiger partial charge is 0.276 e. The van der Waals surface area contributed by atoms with Crippen LogP contribution in [0.25, 0.3) is 0 Å². The van der Waals surface area contributed by atoms with Crippen LogP contribution >= 0.6 is 0 Å². The van der Waals surface area contributed by atoms with Gasteiger partial charge < -0.3 is 14.8 Å². The number of rotatable bonds is 7. The molecule has 0 unspecified atom stereocenters. The molecule has 1 aliphatic carbocycles. The maximum absolute atomic E-state index is 11.8. The summed E-state index contributed by atoms with van der Waals surface area (Å²) in [6.45, 7) is 0.367. The van der Waals surface area contributed by atoms with Crippen LogP contribution in [0.4, 0.5) is 5.69 Å². The highest BCUT2D eigenvalue weighted by molar-refractivity contribution is 5.79. The number of nitro groups is 1. The fraction of sp³-hybridized carbons (Fsp3) is 0.533. The zero-order valence-corrected chi connectivity index (χ0v) is 12.8. The van der Waals surface area contributed by atoms with Crippen molar-refractivity contribution in [3.05, 3.63) is 27.8 Å². The summed E-state index contributed by atoms with van der Waals surface area (Å²) in [4.78, 5) is 22.5. The molecule has 0 heterocycles. The van der Waals surface area contributed by atoms with E-state index < -0.39 is 4.92 Å². The van der Waals surface area contributed by atoms with E-state index in [0.29, 0.717) is 30.0 Å². The highest BCUT2D eigenvalue weighted by Gasteiger charge is 2.25. The number of benzene rings is 1. The summed E-state index contributed by atoms with van der Waals surface area (Å²) in [5.74, 6) is 0.902. The average molecular weight is 308 g/mol. The molecule has 1 amide bonds. The Morgan fingerprint density at radius 2 is 1.95 bits per heavy atom. The van der Waals surface area contributed by atoms with E-state index >= 15 is 0 Å². The maximum Gasteiger partial charge on any atom is 0.276 e. The molecule has 0 spiro atoms. The Hall–Kier alpha value is -2.31. The van der Waals surface area contributed by atoms with Crippen molar-refractivity contribution in [3.8, 4) is 11.5 Å². The van der Waals surface area contributed by atoms with Gasteiger partial charge in [0.15, 0.2) is 11.5 Å². The number of nitrogens with zero attached hydrogens (tertiary/aromatic N) is 1. The molecular formula is C15H20N2O5. The standard InChI is InChI=1S/C15H20N2O5/c1-21-13-8-11(12(17(19)20)9-14(13)22-2)6-7-16-15(18)10-4-3-5-10/h8-10H,3-7H2,1-2H3,(H,16,18). The van der Waals surface area contributed by atoms with Gasteiger partial charge in [0.25, 0.3) is 5.69 Å².